The third kappa shape index (κ3) is 5.80. The molecule has 0 aliphatic carbocycles. The summed E-state index contributed by atoms with van der Waals surface area (Å²) in [4.78, 5) is 12.7. The molecule has 0 radical (unpaired) electrons. The highest BCUT2D eigenvalue weighted by Gasteiger charge is 2.32. The molecule has 1 atom stereocenters. The highest BCUT2D eigenvalue weighted by atomic mass is 127. The molecule has 1 aliphatic rings. The Kier molecular flexibility index (Phi) is 8.31. The first-order chi connectivity index (χ1) is 12.9. The predicted molar refractivity (Wildman–Crippen MR) is 127 cm³/mol. The van der Waals surface area contributed by atoms with Crippen LogP contribution in [0.4, 0.5) is 11.4 Å². The van der Waals surface area contributed by atoms with E-state index >= 15 is 0 Å². The van der Waals surface area contributed by atoms with E-state index in [9.17, 15) is 4.79 Å². The topological polar surface area (TPSA) is 91.6 Å². The number of ether oxygens (including phenoxy) is 1. The number of aldehydes is 1. The zero-order valence-corrected chi connectivity index (χ0v) is 19.8. The molecule has 0 spiro atoms. The first-order valence-electron chi connectivity index (χ1n) is 7.45. The van der Waals surface area contributed by atoms with Crippen LogP contribution < -0.4 is 15.1 Å². The molecule has 1 unspecified atom stereocenters. The number of hydrogen-bond acceptors (Lipinski definition) is 6. The lowest BCUT2D eigenvalue weighted by atomic mass is 10.1. The van der Waals surface area contributed by atoms with Crippen molar-refractivity contribution in [3.8, 4) is 0 Å². The number of carbonyl (C=O) groups excluding carboxylic acids is 1. The van der Waals surface area contributed by atoms with Gasteiger partial charge in [-0.25, -0.2) is 0 Å². The van der Waals surface area contributed by atoms with E-state index in [4.69, 9.17) is 21.7 Å². The lowest BCUT2D eigenvalue weighted by molar-refractivity contribution is -0.104. The van der Waals surface area contributed by atoms with Crippen LogP contribution in [0.25, 0.3) is 0 Å². The normalized spacial score (nSPS) is 14.1. The zero-order chi connectivity index (χ0) is 20.0. The van der Waals surface area contributed by atoms with Gasteiger partial charge in [-0.3, -0.25) is 4.79 Å². The van der Waals surface area contributed by atoms with Crippen molar-refractivity contribution in [3.63, 3.8) is 0 Å². The average molecular weight is 584 g/mol. The molecular weight excluding hydrogens is 567 g/mol. The van der Waals surface area contributed by atoms with Crippen LogP contribution >= 0.6 is 55.9 Å². The van der Waals surface area contributed by atoms with E-state index in [0.29, 0.717) is 44.9 Å². The van der Waals surface area contributed by atoms with Gasteiger partial charge in [0.2, 0.25) is 0 Å². The first kappa shape index (κ1) is 21.9. The van der Waals surface area contributed by atoms with E-state index in [2.05, 4.69) is 53.0 Å². The Morgan fingerprint density at radius 2 is 2.11 bits per heavy atom. The van der Waals surface area contributed by atoms with Crippen molar-refractivity contribution in [2.24, 2.45) is 0 Å². The van der Waals surface area contributed by atoms with Crippen LogP contribution in [-0.2, 0) is 9.53 Å². The average Bonchev–Trinajstić information content (AvgIpc) is 2.58. The fourth-order valence-electron chi connectivity index (χ4n) is 2.09. The SMILES string of the molecule is CN(C)/C=C(\C=C(\Br)C=O)C1=[N+]=C(Nc2ccc(NPI)c(C=N)c2Cl)O1. The zero-order valence-electron chi connectivity index (χ0n) is 14.3. The van der Waals surface area contributed by atoms with Crippen LogP contribution in [0.1, 0.15) is 5.56 Å². The molecule has 1 aromatic rings. The third-order valence-corrected chi connectivity index (χ3v) is 5.19. The quantitative estimate of drug-likeness (QED) is 0.0823. The second kappa shape index (κ2) is 10.2. The smallest absolute Gasteiger partial charge is 0.383 e. The summed E-state index contributed by atoms with van der Waals surface area (Å²) in [5, 5.41) is 14.2. The summed E-state index contributed by atoms with van der Waals surface area (Å²) in [7, 11) is 3.71. The van der Waals surface area contributed by atoms with Crippen LogP contribution in [-0.4, -0.2) is 43.4 Å². The van der Waals surface area contributed by atoms with Crippen LogP contribution in [0.2, 0.25) is 5.02 Å². The Hall–Kier alpha value is -1.38. The highest BCUT2D eigenvalue weighted by Crippen LogP contribution is 2.34. The molecule has 0 saturated heterocycles. The summed E-state index contributed by atoms with van der Waals surface area (Å²) in [6.45, 7) is 0. The standard InChI is InChI=1S/C16H15BrClIN5O2P/c1-24(2)7-9(5-10(17)8-25)15-22-16(26-15)21-13-4-3-12(23-27-19)11(6-20)14(13)18/h3-8,27H,1-2H3,(H2,20,23)/p+1/b9-7+,10-5+. The van der Waals surface area contributed by atoms with Crippen molar-refractivity contribution in [3.05, 3.63) is 45.1 Å². The van der Waals surface area contributed by atoms with Crippen molar-refractivity contribution >= 4 is 91.7 Å². The molecule has 142 valence electrons. The summed E-state index contributed by atoms with van der Waals surface area (Å²) < 4.78 is 10.3. The molecular formula is C16H16BrClIN5O2P+. The van der Waals surface area contributed by atoms with Gasteiger partial charge >= 0.3 is 11.9 Å². The fourth-order valence-corrected chi connectivity index (χ4v) is 3.79. The van der Waals surface area contributed by atoms with Gasteiger partial charge in [0, 0.05) is 44.1 Å². The van der Waals surface area contributed by atoms with Gasteiger partial charge in [-0.1, -0.05) is 11.6 Å². The maximum absolute atomic E-state index is 10.8. The van der Waals surface area contributed by atoms with Crippen molar-refractivity contribution in [2.75, 3.05) is 24.5 Å². The van der Waals surface area contributed by atoms with Crippen molar-refractivity contribution in [1.29, 1.82) is 5.41 Å². The summed E-state index contributed by atoms with van der Waals surface area (Å²) in [5.74, 6) is 0.373. The number of hydrogen-bond donors (Lipinski definition) is 3. The Labute approximate surface area is 185 Å². The van der Waals surface area contributed by atoms with Crippen molar-refractivity contribution in [2.45, 2.75) is 0 Å². The molecule has 7 nitrogen and oxygen atoms in total. The van der Waals surface area contributed by atoms with Crippen molar-refractivity contribution < 1.29 is 9.53 Å². The number of nitrogens with one attached hydrogen (secondary N) is 3. The Balaban J connectivity index is 2.31. The van der Waals surface area contributed by atoms with Gasteiger partial charge in [-0.2, -0.15) is 5.32 Å². The molecule has 1 aliphatic heterocycles. The van der Waals surface area contributed by atoms with E-state index < -0.39 is 0 Å². The number of rotatable bonds is 8. The monoisotopic (exact) mass is 582 g/mol. The predicted octanol–water partition coefficient (Wildman–Crippen LogP) is 3.88. The van der Waals surface area contributed by atoms with E-state index in [1.54, 1.807) is 18.3 Å². The van der Waals surface area contributed by atoms with E-state index in [1.165, 1.54) is 6.21 Å². The molecule has 11 heteroatoms. The van der Waals surface area contributed by atoms with Gasteiger partial charge < -0.3 is 20.1 Å². The molecule has 2 rings (SSSR count). The van der Waals surface area contributed by atoms with Gasteiger partial charge in [0.15, 0.2) is 6.29 Å². The molecule has 0 bridgehead atoms. The number of anilines is 2. The second-order valence-electron chi connectivity index (χ2n) is 5.40. The van der Waals surface area contributed by atoms with E-state index in [-0.39, 0.29) is 6.02 Å². The summed E-state index contributed by atoms with van der Waals surface area (Å²) in [6, 6.07) is 3.91. The minimum atomic E-state index is 0.277. The van der Waals surface area contributed by atoms with Gasteiger partial charge in [0.1, 0.15) is 5.69 Å². The fraction of sp³-hybridized carbons (Fsp3) is 0.125. The number of halogens is 3. The number of amidine groups is 1. The summed E-state index contributed by atoms with van der Waals surface area (Å²) in [5.41, 5.74) is 2.59. The molecule has 0 fully saturated rings. The molecule has 27 heavy (non-hydrogen) atoms. The molecule has 1 aromatic carbocycles. The molecule has 3 N–H and O–H groups in total. The molecule has 0 saturated carbocycles. The lowest BCUT2D eigenvalue weighted by Crippen LogP contribution is -2.35. The summed E-state index contributed by atoms with van der Waals surface area (Å²) in [6.07, 6.45) is 5.76. The number of nitrogens with zero attached hydrogens (tertiary/aromatic N) is 2. The van der Waals surface area contributed by atoms with Gasteiger partial charge in [-0.15, -0.1) is 4.67 Å². The second-order valence-corrected chi connectivity index (χ2v) is 8.75. The molecule has 0 aromatic heterocycles. The number of benzene rings is 1. The lowest BCUT2D eigenvalue weighted by Gasteiger charge is -2.12. The van der Waals surface area contributed by atoms with Crippen molar-refractivity contribution in [1.82, 2.24) is 9.57 Å². The molecule has 0 amide bonds. The minimum Gasteiger partial charge on any atom is -0.383 e. The molecule has 1 heterocycles. The minimum absolute atomic E-state index is 0.277. The van der Waals surface area contributed by atoms with Crippen LogP contribution in [0, 0.1) is 5.41 Å². The maximum Gasteiger partial charge on any atom is 0.565 e. The van der Waals surface area contributed by atoms with Crippen LogP contribution in [0.3, 0.4) is 0 Å². The Bertz CT molecular complexity index is 897. The van der Waals surface area contributed by atoms with Crippen LogP contribution in [0.5, 0.6) is 0 Å². The first-order valence-corrected chi connectivity index (χ1v) is 12.7. The number of allylic oxidation sites excluding steroid dienone is 1. The third-order valence-electron chi connectivity index (χ3n) is 3.19. The van der Waals surface area contributed by atoms with Crippen LogP contribution in [0.15, 0.2) is 34.5 Å². The largest absolute Gasteiger partial charge is 0.565 e. The van der Waals surface area contributed by atoms with Gasteiger partial charge in [-0.05, 0) is 56.2 Å². The van der Waals surface area contributed by atoms with E-state index in [1.807, 2.05) is 25.1 Å². The maximum atomic E-state index is 10.8. The summed E-state index contributed by atoms with van der Waals surface area (Å²) >= 11 is 11.8. The van der Waals surface area contributed by atoms with Gasteiger partial charge in [0.05, 0.1) is 15.1 Å². The Morgan fingerprint density at radius 3 is 2.67 bits per heavy atom. The number of carbonyl (C=O) groups is 1. The highest BCUT2D eigenvalue weighted by molar-refractivity contribution is 14.2. The van der Waals surface area contributed by atoms with E-state index in [0.717, 1.165) is 5.69 Å². The van der Waals surface area contributed by atoms with Gasteiger partial charge in [0.25, 0.3) is 0 Å². The Morgan fingerprint density at radius 1 is 1.44 bits per heavy atom.